The number of nitrogens with one attached hydrogen (secondary N) is 2. The Morgan fingerprint density at radius 3 is 2.28 bits per heavy atom. The third kappa shape index (κ3) is 6.17. The summed E-state index contributed by atoms with van der Waals surface area (Å²) in [5.74, 6) is -2.22. The predicted molar refractivity (Wildman–Crippen MR) is 134 cm³/mol. The number of hydrazine groups is 1. The van der Waals surface area contributed by atoms with Crippen molar-refractivity contribution in [1.82, 2.24) is 20.3 Å². The number of nitrogens with zero attached hydrogens (tertiary/aromatic N) is 2. The van der Waals surface area contributed by atoms with Crippen LogP contribution < -0.4 is 20.9 Å². The minimum absolute atomic E-state index is 0.0795. The lowest BCUT2D eigenvalue weighted by atomic mass is 10.1. The van der Waals surface area contributed by atoms with E-state index in [-0.39, 0.29) is 33.6 Å². The minimum atomic E-state index is -4.82. The highest BCUT2D eigenvalue weighted by Gasteiger charge is 2.31. The van der Waals surface area contributed by atoms with Gasteiger partial charge in [0.1, 0.15) is 17.1 Å². The van der Waals surface area contributed by atoms with Crippen LogP contribution in [-0.2, 0) is 0 Å². The molecule has 206 valence electrons. The van der Waals surface area contributed by atoms with Crippen molar-refractivity contribution in [2.45, 2.75) is 44.1 Å². The summed E-state index contributed by atoms with van der Waals surface area (Å²) < 4.78 is 56.7. The van der Waals surface area contributed by atoms with Gasteiger partial charge in [0.25, 0.3) is 11.8 Å². The molecule has 8 nitrogen and oxygen atoms in total. The first kappa shape index (κ1) is 26.9. The van der Waals surface area contributed by atoms with Crippen LogP contribution in [0.4, 0.5) is 17.6 Å². The molecule has 0 unspecified atom stereocenters. The van der Waals surface area contributed by atoms with Crippen molar-refractivity contribution in [3.05, 3.63) is 74.8 Å². The van der Waals surface area contributed by atoms with E-state index >= 15 is 0 Å². The maximum absolute atomic E-state index is 14.1. The van der Waals surface area contributed by atoms with Gasteiger partial charge >= 0.3 is 6.36 Å². The molecule has 0 atom stereocenters. The Morgan fingerprint density at radius 1 is 1.00 bits per heavy atom. The van der Waals surface area contributed by atoms with Crippen molar-refractivity contribution in [3.8, 4) is 5.75 Å². The standard InChI is InChI=1S/C26H23ClF4N4O4/c27-20-12-22-18(11-21(20)28)23(36)19(13-35(22)16-3-4-16)25(38)33-34-9-7-15(8-10-34)32-24(37)14-1-5-17(6-2-14)39-26(29,30)31/h1-2,5-6,11-13,15-16H,3-4,7-10H2,(H,32,37)(H,33,38). The summed E-state index contributed by atoms with van der Waals surface area (Å²) in [6.07, 6.45) is -0.618. The van der Waals surface area contributed by atoms with Crippen molar-refractivity contribution in [3.63, 3.8) is 0 Å². The van der Waals surface area contributed by atoms with E-state index in [1.54, 1.807) is 9.58 Å². The largest absolute Gasteiger partial charge is 0.573 e. The molecule has 1 aromatic heterocycles. The molecule has 2 fully saturated rings. The number of benzene rings is 2. The number of carbonyl (C=O) groups is 2. The van der Waals surface area contributed by atoms with Gasteiger partial charge in [-0.25, -0.2) is 9.40 Å². The topological polar surface area (TPSA) is 92.7 Å². The van der Waals surface area contributed by atoms with Crippen LogP contribution in [0, 0.1) is 5.82 Å². The van der Waals surface area contributed by atoms with Crippen LogP contribution in [0.2, 0.25) is 5.02 Å². The lowest BCUT2D eigenvalue weighted by molar-refractivity contribution is -0.274. The first-order valence-electron chi connectivity index (χ1n) is 12.2. The summed E-state index contributed by atoms with van der Waals surface area (Å²) in [7, 11) is 0. The first-order valence-corrected chi connectivity index (χ1v) is 12.6. The number of piperidine rings is 1. The summed E-state index contributed by atoms with van der Waals surface area (Å²) >= 11 is 5.93. The van der Waals surface area contributed by atoms with E-state index in [2.05, 4.69) is 15.5 Å². The van der Waals surface area contributed by atoms with E-state index in [4.69, 9.17) is 11.6 Å². The zero-order chi connectivity index (χ0) is 27.9. The summed E-state index contributed by atoms with van der Waals surface area (Å²) in [5.41, 5.74) is 2.68. The average molecular weight is 567 g/mol. The van der Waals surface area contributed by atoms with Crippen molar-refractivity contribution >= 4 is 34.3 Å². The highest BCUT2D eigenvalue weighted by molar-refractivity contribution is 6.31. The van der Waals surface area contributed by atoms with Gasteiger partial charge in [0.2, 0.25) is 5.43 Å². The van der Waals surface area contributed by atoms with Gasteiger partial charge in [0, 0.05) is 42.3 Å². The molecule has 1 saturated heterocycles. The minimum Gasteiger partial charge on any atom is -0.406 e. The van der Waals surface area contributed by atoms with E-state index < -0.39 is 35.2 Å². The lowest BCUT2D eigenvalue weighted by Gasteiger charge is -2.32. The van der Waals surface area contributed by atoms with E-state index in [0.29, 0.717) is 31.4 Å². The van der Waals surface area contributed by atoms with Crippen molar-refractivity contribution in [2.24, 2.45) is 0 Å². The van der Waals surface area contributed by atoms with Crippen LogP contribution >= 0.6 is 11.6 Å². The van der Waals surface area contributed by atoms with Gasteiger partial charge in [0.05, 0.1) is 10.5 Å². The zero-order valence-corrected chi connectivity index (χ0v) is 21.1. The van der Waals surface area contributed by atoms with Crippen molar-refractivity contribution in [2.75, 3.05) is 13.1 Å². The van der Waals surface area contributed by atoms with Crippen LogP contribution in [0.5, 0.6) is 5.75 Å². The van der Waals surface area contributed by atoms with Gasteiger partial charge in [-0.15, -0.1) is 13.2 Å². The third-order valence-corrected chi connectivity index (χ3v) is 6.99. The Hall–Kier alpha value is -3.64. The normalized spacial score (nSPS) is 16.7. The van der Waals surface area contributed by atoms with Crippen molar-refractivity contribution < 1.29 is 31.9 Å². The average Bonchev–Trinajstić information content (AvgIpc) is 3.71. The highest BCUT2D eigenvalue weighted by atomic mass is 35.5. The number of pyridine rings is 1. The third-order valence-electron chi connectivity index (χ3n) is 6.70. The van der Waals surface area contributed by atoms with Crippen LogP contribution in [-0.4, -0.2) is 46.9 Å². The molecule has 2 N–H and O–H groups in total. The lowest BCUT2D eigenvalue weighted by Crippen LogP contribution is -2.51. The molecule has 0 bridgehead atoms. The maximum atomic E-state index is 14.1. The second-order valence-corrected chi connectivity index (χ2v) is 9.95. The number of fused-ring (bicyclic) bond motifs is 1. The Morgan fingerprint density at radius 2 is 1.67 bits per heavy atom. The molecule has 5 rings (SSSR count). The smallest absolute Gasteiger partial charge is 0.406 e. The second kappa shape index (κ2) is 10.5. The molecule has 1 aliphatic carbocycles. The summed E-state index contributed by atoms with van der Waals surface area (Å²) in [5, 5.41) is 4.45. The van der Waals surface area contributed by atoms with E-state index in [1.807, 2.05) is 0 Å². The van der Waals surface area contributed by atoms with Crippen LogP contribution in [0.1, 0.15) is 52.4 Å². The number of hydrogen-bond donors (Lipinski definition) is 2. The molecule has 0 radical (unpaired) electrons. The quantitative estimate of drug-likeness (QED) is 0.427. The SMILES string of the molecule is O=C(NC1CCN(NC(=O)c2cn(C3CC3)c3cc(Cl)c(F)cc3c2=O)CC1)c1ccc(OC(F)(F)F)cc1. The van der Waals surface area contributed by atoms with Gasteiger partial charge < -0.3 is 14.6 Å². The molecule has 3 aromatic rings. The number of amides is 2. The number of halogens is 5. The molecule has 1 aliphatic heterocycles. The fraction of sp³-hybridized carbons (Fsp3) is 0.346. The van der Waals surface area contributed by atoms with Gasteiger partial charge in [0.15, 0.2) is 0 Å². The molecule has 39 heavy (non-hydrogen) atoms. The highest BCUT2D eigenvalue weighted by Crippen LogP contribution is 2.37. The number of carbonyl (C=O) groups excluding carboxylic acids is 2. The monoisotopic (exact) mass is 566 g/mol. The molecule has 2 amide bonds. The number of alkyl halides is 3. The molecular formula is C26H23ClF4N4O4. The fourth-order valence-corrected chi connectivity index (χ4v) is 4.73. The molecular weight excluding hydrogens is 544 g/mol. The van der Waals surface area contributed by atoms with E-state index in [0.717, 1.165) is 31.0 Å². The van der Waals surface area contributed by atoms with Crippen molar-refractivity contribution in [1.29, 1.82) is 0 Å². The van der Waals surface area contributed by atoms with Gasteiger partial charge in [-0.3, -0.25) is 19.8 Å². The molecule has 2 aromatic carbocycles. The molecule has 2 heterocycles. The van der Waals surface area contributed by atoms with E-state index in [9.17, 15) is 31.9 Å². The summed E-state index contributed by atoms with van der Waals surface area (Å²) in [6.45, 7) is 0.757. The number of hydrogen-bond acceptors (Lipinski definition) is 5. The summed E-state index contributed by atoms with van der Waals surface area (Å²) in [6, 6.07) is 6.94. The van der Waals surface area contributed by atoms with Gasteiger partial charge in [-0.05, 0) is 62.1 Å². The Kier molecular flexibility index (Phi) is 7.25. The van der Waals surface area contributed by atoms with E-state index in [1.165, 1.54) is 24.4 Å². The Balaban J connectivity index is 1.20. The molecule has 1 saturated carbocycles. The molecule has 0 spiro atoms. The Bertz CT molecular complexity index is 1480. The van der Waals surface area contributed by atoms with Gasteiger partial charge in [-0.1, -0.05) is 11.6 Å². The van der Waals surface area contributed by atoms with Gasteiger partial charge in [-0.2, -0.15) is 0 Å². The van der Waals surface area contributed by atoms with Crippen LogP contribution in [0.25, 0.3) is 10.9 Å². The van der Waals surface area contributed by atoms with Crippen LogP contribution in [0.3, 0.4) is 0 Å². The first-order chi connectivity index (χ1) is 18.5. The fourth-order valence-electron chi connectivity index (χ4n) is 4.58. The molecule has 2 aliphatic rings. The Labute approximate surface area is 224 Å². The maximum Gasteiger partial charge on any atom is 0.573 e. The second-order valence-electron chi connectivity index (χ2n) is 9.54. The van der Waals surface area contributed by atoms with Crippen LogP contribution in [0.15, 0.2) is 47.4 Å². The number of ether oxygens (including phenoxy) is 1. The number of aromatic nitrogens is 1. The predicted octanol–water partition coefficient (Wildman–Crippen LogP) is 4.57. The zero-order valence-electron chi connectivity index (χ0n) is 20.4. The number of rotatable bonds is 6. The summed E-state index contributed by atoms with van der Waals surface area (Å²) in [4.78, 5) is 38.6. The molecule has 13 heteroatoms.